The zero-order valence-corrected chi connectivity index (χ0v) is 12.3. The number of hydrogen-bond acceptors (Lipinski definition) is 3. The predicted molar refractivity (Wildman–Crippen MR) is 80.5 cm³/mol. The van der Waals surface area contributed by atoms with Gasteiger partial charge in [0.25, 0.3) is 0 Å². The van der Waals surface area contributed by atoms with Crippen LogP contribution in [0.5, 0.6) is 0 Å². The standard InChI is InChI=1S/C15H23NO2S/c1-13-5-7-14(8-6-13)19-12-9-15(18)16-10-3-2-4-11-17/h5-8,17H,2-4,9-12H2,1H3,(H,16,18). The lowest BCUT2D eigenvalue weighted by Crippen LogP contribution is -2.24. The normalized spacial score (nSPS) is 10.4. The second-order valence-corrected chi connectivity index (χ2v) is 5.71. The van der Waals surface area contributed by atoms with Gasteiger partial charge in [-0.3, -0.25) is 4.79 Å². The molecular weight excluding hydrogens is 258 g/mol. The highest BCUT2D eigenvalue weighted by molar-refractivity contribution is 7.99. The monoisotopic (exact) mass is 281 g/mol. The lowest BCUT2D eigenvalue weighted by molar-refractivity contribution is -0.120. The molecule has 0 aromatic heterocycles. The summed E-state index contributed by atoms with van der Waals surface area (Å²) in [4.78, 5) is 12.8. The first-order chi connectivity index (χ1) is 9.22. The average molecular weight is 281 g/mol. The average Bonchev–Trinajstić information content (AvgIpc) is 2.41. The predicted octanol–water partition coefficient (Wildman–Crippen LogP) is 2.76. The number of hydrogen-bond donors (Lipinski definition) is 2. The molecule has 0 fully saturated rings. The molecule has 19 heavy (non-hydrogen) atoms. The van der Waals surface area contributed by atoms with Gasteiger partial charge in [0, 0.05) is 30.2 Å². The maximum atomic E-state index is 11.5. The van der Waals surface area contributed by atoms with Crippen LogP contribution in [0.15, 0.2) is 29.2 Å². The topological polar surface area (TPSA) is 49.3 Å². The molecule has 1 amide bonds. The van der Waals surface area contributed by atoms with E-state index in [9.17, 15) is 4.79 Å². The van der Waals surface area contributed by atoms with Crippen LogP contribution < -0.4 is 5.32 Å². The summed E-state index contributed by atoms with van der Waals surface area (Å²) in [5, 5.41) is 11.5. The van der Waals surface area contributed by atoms with Crippen molar-refractivity contribution in [2.24, 2.45) is 0 Å². The molecule has 0 atom stereocenters. The Kier molecular flexibility index (Phi) is 8.34. The summed E-state index contributed by atoms with van der Waals surface area (Å²) in [5.74, 6) is 0.925. The SMILES string of the molecule is Cc1ccc(SCCC(=O)NCCCCCO)cc1. The molecule has 0 bridgehead atoms. The van der Waals surface area contributed by atoms with Crippen LogP contribution in [-0.4, -0.2) is 29.9 Å². The quantitative estimate of drug-likeness (QED) is 0.540. The molecule has 1 aromatic carbocycles. The number of carbonyl (C=O) groups is 1. The van der Waals surface area contributed by atoms with Gasteiger partial charge >= 0.3 is 0 Å². The Balaban J connectivity index is 2.05. The van der Waals surface area contributed by atoms with Gasteiger partial charge < -0.3 is 10.4 Å². The van der Waals surface area contributed by atoms with Crippen molar-refractivity contribution in [2.75, 3.05) is 18.9 Å². The second kappa shape index (κ2) is 9.87. The highest BCUT2D eigenvalue weighted by Gasteiger charge is 2.01. The summed E-state index contributed by atoms with van der Waals surface area (Å²) in [6, 6.07) is 8.35. The van der Waals surface area contributed by atoms with E-state index in [1.807, 2.05) is 0 Å². The summed E-state index contributed by atoms with van der Waals surface area (Å²) < 4.78 is 0. The number of unbranched alkanes of at least 4 members (excludes halogenated alkanes) is 2. The van der Waals surface area contributed by atoms with Crippen molar-refractivity contribution in [2.45, 2.75) is 37.5 Å². The van der Waals surface area contributed by atoms with Gasteiger partial charge in [-0.2, -0.15) is 0 Å². The minimum atomic E-state index is 0.114. The molecule has 1 rings (SSSR count). The largest absolute Gasteiger partial charge is 0.396 e. The van der Waals surface area contributed by atoms with Crippen molar-refractivity contribution in [3.05, 3.63) is 29.8 Å². The third-order valence-corrected chi connectivity index (χ3v) is 3.79. The van der Waals surface area contributed by atoms with Gasteiger partial charge in [-0.25, -0.2) is 0 Å². The van der Waals surface area contributed by atoms with Crippen molar-refractivity contribution < 1.29 is 9.90 Å². The van der Waals surface area contributed by atoms with E-state index in [1.54, 1.807) is 11.8 Å². The number of aryl methyl sites for hydroxylation is 1. The van der Waals surface area contributed by atoms with Crippen molar-refractivity contribution >= 4 is 17.7 Å². The summed E-state index contributed by atoms with van der Waals surface area (Å²) in [6.45, 7) is 3.02. The van der Waals surface area contributed by atoms with E-state index in [4.69, 9.17) is 5.11 Å². The molecule has 2 N–H and O–H groups in total. The number of aliphatic hydroxyl groups excluding tert-OH is 1. The van der Waals surface area contributed by atoms with Gasteiger partial charge in [-0.05, 0) is 38.3 Å². The van der Waals surface area contributed by atoms with Crippen LogP contribution in [0.2, 0.25) is 0 Å². The van der Waals surface area contributed by atoms with Crippen molar-refractivity contribution in [3.8, 4) is 0 Å². The van der Waals surface area contributed by atoms with Crippen molar-refractivity contribution in [1.82, 2.24) is 5.32 Å². The van der Waals surface area contributed by atoms with Gasteiger partial charge in [0.05, 0.1) is 0 Å². The summed E-state index contributed by atoms with van der Waals surface area (Å²) in [5.41, 5.74) is 1.25. The number of rotatable bonds is 9. The maximum absolute atomic E-state index is 11.5. The zero-order valence-electron chi connectivity index (χ0n) is 11.5. The molecule has 1 aromatic rings. The maximum Gasteiger partial charge on any atom is 0.220 e. The number of nitrogens with one attached hydrogen (secondary N) is 1. The van der Waals surface area contributed by atoms with E-state index in [2.05, 4.69) is 36.5 Å². The lowest BCUT2D eigenvalue weighted by Gasteiger charge is -2.05. The van der Waals surface area contributed by atoms with Crippen LogP contribution in [0.3, 0.4) is 0 Å². The third-order valence-electron chi connectivity index (χ3n) is 2.78. The zero-order chi connectivity index (χ0) is 13.9. The molecule has 0 aliphatic heterocycles. The fourth-order valence-corrected chi connectivity index (χ4v) is 2.48. The van der Waals surface area contributed by atoms with Crippen LogP contribution in [0.4, 0.5) is 0 Å². The van der Waals surface area contributed by atoms with Crippen molar-refractivity contribution in [1.29, 1.82) is 0 Å². The molecule has 0 aliphatic rings. The molecule has 106 valence electrons. The smallest absolute Gasteiger partial charge is 0.220 e. The van der Waals surface area contributed by atoms with E-state index in [0.717, 1.165) is 25.0 Å². The number of amides is 1. The molecule has 0 saturated heterocycles. The Morgan fingerprint density at radius 1 is 1.21 bits per heavy atom. The molecule has 0 spiro atoms. The lowest BCUT2D eigenvalue weighted by atomic mass is 10.2. The molecule has 3 nitrogen and oxygen atoms in total. The first kappa shape index (κ1) is 16.1. The van der Waals surface area contributed by atoms with Crippen LogP contribution >= 0.6 is 11.8 Å². The molecule has 0 heterocycles. The molecule has 0 saturated carbocycles. The third kappa shape index (κ3) is 7.90. The van der Waals surface area contributed by atoms with Gasteiger partial charge in [0.2, 0.25) is 5.91 Å². The summed E-state index contributed by atoms with van der Waals surface area (Å²) in [6.07, 6.45) is 3.28. The fraction of sp³-hybridized carbons (Fsp3) is 0.533. The minimum absolute atomic E-state index is 0.114. The Morgan fingerprint density at radius 2 is 1.95 bits per heavy atom. The van der Waals surface area contributed by atoms with E-state index >= 15 is 0 Å². The number of carbonyl (C=O) groups excluding carboxylic acids is 1. The van der Waals surface area contributed by atoms with Gasteiger partial charge in [-0.15, -0.1) is 11.8 Å². The highest BCUT2D eigenvalue weighted by atomic mass is 32.2. The Hall–Kier alpha value is -1.00. The van der Waals surface area contributed by atoms with Crippen LogP contribution in [-0.2, 0) is 4.79 Å². The molecular formula is C15H23NO2S. The fourth-order valence-electron chi connectivity index (χ4n) is 1.63. The highest BCUT2D eigenvalue weighted by Crippen LogP contribution is 2.18. The minimum Gasteiger partial charge on any atom is -0.396 e. The summed E-state index contributed by atoms with van der Waals surface area (Å²) in [7, 11) is 0. The van der Waals surface area contributed by atoms with Gasteiger partial charge in [-0.1, -0.05) is 17.7 Å². The molecule has 0 aliphatic carbocycles. The van der Waals surface area contributed by atoms with Crippen molar-refractivity contribution in [3.63, 3.8) is 0 Å². The Bertz CT molecular complexity index is 365. The Morgan fingerprint density at radius 3 is 2.63 bits per heavy atom. The van der Waals surface area contributed by atoms with Crippen LogP contribution in [0, 0.1) is 6.92 Å². The van der Waals surface area contributed by atoms with E-state index in [1.165, 1.54) is 10.5 Å². The van der Waals surface area contributed by atoms with E-state index in [0.29, 0.717) is 13.0 Å². The van der Waals surface area contributed by atoms with E-state index in [-0.39, 0.29) is 12.5 Å². The first-order valence-corrected chi connectivity index (χ1v) is 7.78. The number of aliphatic hydroxyl groups is 1. The number of thioether (sulfide) groups is 1. The second-order valence-electron chi connectivity index (χ2n) is 4.55. The molecule has 0 radical (unpaired) electrons. The summed E-state index contributed by atoms with van der Waals surface area (Å²) >= 11 is 1.71. The first-order valence-electron chi connectivity index (χ1n) is 6.79. The van der Waals surface area contributed by atoms with Crippen LogP contribution in [0.1, 0.15) is 31.2 Å². The van der Waals surface area contributed by atoms with Gasteiger partial charge in [0.15, 0.2) is 0 Å². The van der Waals surface area contributed by atoms with E-state index < -0.39 is 0 Å². The number of benzene rings is 1. The molecule has 0 unspecified atom stereocenters. The Labute approximate surface area is 119 Å². The van der Waals surface area contributed by atoms with Gasteiger partial charge in [0.1, 0.15) is 0 Å². The van der Waals surface area contributed by atoms with Crippen LogP contribution in [0.25, 0.3) is 0 Å². The molecule has 4 heteroatoms.